The van der Waals surface area contributed by atoms with Crippen LogP contribution in [0.2, 0.25) is 0 Å². The van der Waals surface area contributed by atoms with Crippen molar-refractivity contribution >= 4 is 5.91 Å². The van der Waals surface area contributed by atoms with E-state index in [1.165, 1.54) is 5.56 Å². The highest BCUT2D eigenvalue weighted by Crippen LogP contribution is 2.02. The zero-order valence-electron chi connectivity index (χ0n) is 8.98. The van der Waals surface area contributed by atoms with Gasteiger partial charge >= 0.3 is 0 Å². The van der Waals surface area contributed by atoms with Gasteiger partial charge in [-0.15, -0.1) is 0 Å². The van der Waals surface area contributed by atoms with Crippen LogP contribution in [0.4, 0.5) is 0 Å². The first-order valence-corrected chi connectivity index (χ1v) is 5.19. The lowest BCUT2D eigenvalue weighted by molar-refractivity contribution is -0.129. The minimum Gasteiger partial charge on any atom is -0.368 e. The molecule has 0 radical (unpaired) electrons. The number of rotatable bonds is 6. The second-order valence-electron chi connectivity index (χ2n) is 3.41. The second kappa shape index (κ2) is 6.19. The number of amides is 1. The maximum Gasteiger partial charge on any atom is 0.246 e. The van der Waals surface area contributed by atoms with E-state index < -0.39 is 6.10 Å². The number of carbonyl (C=O) groups is 1. The van der Waals surface area contributed by atoms with Crippen molar-refractivity contribution in [2.45, 2.75) is 25.9 Å². The lowest BCUT2D eigenvalue weighted by Gasteiger charge is -2.11. The summed E-state index contributed by atoms with van der Waals surface area (Å²) in [6.45, 7) is 2.42. The van der Waals surface area contributed by atoms with Crippen LogP contribution in [0.1, 0.15) is 18.9 Å². The number of carbonyl (C=O) groups excluding carboxylic acids is 1. The Hall–Kier alpha value is -1.35. The zero-order valence-corrected chi connectivity index (χ0v) is 8.98. The summed E-state index contributed by atoms with van der Waals surface area (Å²) in [5.74, 6) is -0.384. The molecule has 0 aliphatic carbocycles. The maximum absolute atomic E-state index is 10.9. The van der Waals surface area contributed by atoms with Gasteiger partial charge in [-0.05, 0) is 18.4 Å². The average Bonchev–Trinajstić information content (AvgIpc) is 2.25. The number of hydrogen-bond donors (Lipinski definition) is 1. The normalized spacial score (nSPS) is 12.3. The molecule has 0 saturated heterocycles. The lowest BCUT2D eigenvalue weighted by Crippen LogP contribution is -2.31. The molecule has 2 N–H and O–H groups in total. The largest absolute Gasteiger partial charge is 0.368 e. The Balaban J connectivity index is 2.30. The number of hydrogen-bond acceptors (Lipinski definition) is 2. The maximum atomic E-state index is 10.9. The molecule has 0 bridgehead atoms. The quantitative estimate of drug-likeness (QED) is 0.768. The Kier molecular flexibility index (Phi) is 4.84. The molecule has 0 saturated carbocycles. The highest BCUT2D eigenvalue weighted by atomic mass is 16.5. The van der Waals surface area contributed by atoms with Gasteiger partial charge in [-0.25, -0.2) is 0 Å². The van der Waals surface area contributed by atoms with E-state index in [4.69, 9.17) is 10.5 Å². The van der Waals surface area contributed by atoms with Gasteiger partial charge in [0.1, 0.15) is 6.10 Å². The standard InChI is InChI=1S/C12H17NO2/c1-2-11(12(13)14)15-9-8-10-6-4-3-5-7-10/h3-7,11H,2,8-9H2,1H3,(H2,13,14). The molecule has 15 heavy (non-hydrogen) atoms. The van der Waals surface area contributed by atoms with E-state index >= 15 is 0 Å². The fourth-order valence-electron chi connectivity index (χ4n) is 1.36. The molecule has 1 amide bonds. The summed E-state index contributed by atoms with van der Waals surface area (Å²) in [5, 5.41) is 0. The minimum atomic E-state index is -0.450. The molecule has 0 heterocycles. The van der Waals surface area contributed by atoms with Crippen LogP contribution in [-0.2, 0) is 16.0 Å². The number of primary amides is 1. The van der Waals surface area contributed by atoms with Crippen LogP contribution in [-0.4, -0.2) is 18.6 Å². The first-order valence-electron chi connectivity index (χ1n) is 5.19. The summed E-state index contributed by atoms with van der Waals surface area (Å²) in [5.41, 5.74) is 6.37. The SMILES string of the molecule is CCC(OCCc1ccccc1)C(N)=O. The van der Waals surface area contributed by atoms with Gasteiger partial charge in [-0.3, -0.25) is 4.79 Å². The van der Waals surface area contributed by atoms with Crippen molar-refractivity contribution in [2.75, 3.05) is 6.61 Å². The molecule has 3 nitrogen and oxygen atoms in total. The van der Waals surface area contributed by atoms with Crippen LogP contribution in [0.25, 0.3) is 0 Å². The van der Waals surface area contributed by atoms with E-state index in [2.05, 4.69) is 0 Å². The van der Waals surface area contributed by atoms with Crippen LogP contribution in [0.15, 0.2) is 30.3 Å². The highest BCUT2D eigenvalue weighted by Gasteiger charge is 2.12. The molecular weight excluding hydrogens is 190 g/mol. The lowest BCUT2D eigenvalue weighted by atomic mass is 10.2. The molecule has 3 heteroatoms. The van der Waals surface area contributed by atoms with Crippen LogP contribution in [0, 0.1) is 0 Å². The van der Waals surface area contributed by atoms with Crippen molar-refractivity contribution in [3.63, 3.8) is 0 Å². The van der Waals surface area contributed by atoms with Gasteiger partial charge in [0.2, 0.25) is 5.91 Å². The van der Waals surface area contributed by atoms with Gasteiger partial charge in [-0.1, -0.05) is 37.3 Å². The minimum absolute atomic E-state index is 0.384. The smallest absolute Gasteiger partial charge is 0.246 e. The summed E-state index contributed by atoms with van der Waals surface area (Å²) in [4.78, 5) is 10.9. The summed E-state index contributed by atoms with van der Waals surface area (Å²) >= 11 is 0. The number of ether oxygens (including phenoxy) is 1. The molecular formula is C12H17NO2. The summed E-state index contributed by atoms with van der Waals surface area (Å²) in [6, 6.07) is 10.0. The van der Waals surface area contributed by atoms with Gasteiger partial charge in [0.15, 0.2) is 0 Å². The van der Waals surface area contributed by atoms with Crippen LogP contribution >= 0.6 is 0 Å². The summed E-state index contributed by atoms with van der Waals surface area (Å²) in [7, 11) is 0. The molecule has 1 unspecified atom stereocenters. The zero-order chi connectivity index (χ0) is 11.1. The van der Waals surface area contributed by atoms with Gasteiger partial charge in [-0.2, -0.15) is 0 Å². The fraction of sp³-hybridized carbons (Fsp3) is 0.417. The summed E-state index contributed by atoms with van der Waals surface area (Å²) < 4.78 is 5.38. The first-order chi connectivity index (χ1) is 7.24. The van der Waals surface area contributed by atoms with Crippen molar-refractivity contribution in [1.29, 1.82) is 0 Å². The molecule has 0 fully saturated rings. The average molecular weight is 207 g/mol. The molecule has 1 rings (SSSR count). The predicted octanol–water partition coefficient (Wildman–Crippen LogP) is 1.51. The Morgan fingerprint density at radius 3 is 2.60 bits per heavy atom. The van der Waals surface area contributed by atoms with E-state index in [9.17, 15) is 4.79 Å². The third-order valence-electron chi connectivity index (χ3n) is 2.24. The molecule has 0 aromatic heterocycles. The van der Waals surface area contributed by atoms with Crippen molar-refractivity contribution in [3.8, 4) is 0 Å². The van der Waals surface area contributed by atoms with Gasteiger partial charge in [0.25, 0.3) is 0 Å². The number of nitrogens with two attached hydrogens (primary N) is 1. The summed E-state index contributed by atoms with van der Waals surface area (Å²) in [6.07, 6.45) is 0.989. The van der Waals surface area contributed by atoms with Gasteiger partial charge < -0.3 is 10.5 Å². The Morgan fingerprint density at radius 1 is 1.40 bits per heavy atom. The van der Waals surface area contributed by atoms with Crippen LogP contribution in [0.5, 0.6) is 0 Å². The molecule has 1 aromatic rings. The first kappa shape index (κ1) is 11.7. The highest BCUT2D eigenvalue weighted by molar-refractivity contribution is 5.78. The monoisotopic (exact) mass is 207 g/mol. The van der Waals surface area contributed by atoms with Crippen molar-refractivity contribution in [1.82, 2.24) is 0 Å². The van der Waals surface area contributed by atoms with E-state index in [1.807, 2.05) is 37.3 Å². The molecule has 0 aliphatic heterocycles. The molecule has 1 aromatic carbocycles. The molecule has 0 spiro atoms. The molecule has 1 atom stereocenters. The van der Waals surface area contributed by atoms with E-state index in [0.29, 0.717) is 13.0 Å². The Bertz CT molecular complexity index is 298. The molecule has 82 valence electrons. The fourth-order valence-corrected chi connectivity index (χ4v) is 1.36. The molecule has 0 aliphatic rings. The van der Waals surface area contributed by atoms with Crippen molar-refractivity contribution in [2.24, 2.45) is 5.73 Å². The third-order valence-corrected chi connectivity index (χ3v) is 2.24. The number of benzene rings is 1. The van der Waals surface area contributed by atoms with E-state index in [1.54, 1.807) is 0 Å². The second-order valence-corrected chi connectivity index (χ2v) is 3.41. The van der Waals surface area contributed by atoms with E-state index in [0.717, 1.165) is 6.42 Å². The Labute approximate surface area is 90.2 Å². The van der Waals surface area contributed by atoms with Gasteiger partial charge in [0, 0.05) is 0 Å². The topological polar surface area (TPSA) is 52.3 Å². The van der Waals surface area contributed by atoms with Crippen molar-refractivity contribution in [3.05, 3.63) is 35.9 Å². The van der Waals surface area contributed by atoms with Crippen LogP contribution < -0.4 is 5.73 Å². The van der Waals surface area contributed by atoms with E-state index in [-0.39, 0.29) is 5.91 Å². The Morgan fingerprint density at radius 2 is 2.07 bits per heavy atom. The third kappa shape index (κ3) is 4.13. The predicted molar refractivity (Wildman–Crippen MR) is 59.4 cm³/mol. The van der Waals surface area contributed by atoms with Crippen LogP contribution in [0.3, 0.4) is 0 Å². The van der Waals surface area contributed by atoms with Crippen molar-refractivity contribution < 1.29 is 9.53 Å². The van der Waals surface area contributed by atoms with Gasteiger partial charge in [0.05, 0.1) is 6.61 Å².